The Morgan fingerprint density at radius 1 is 0.583 bits per heavy atom. The maximum absolute atomic E-state index is 11.0. The van der Waals surface area contributed by atoms with E-state index < -0.39 is 9.85 Å². The molecule has 0 aliphatic rings. The first kappa shape index (κ1) is 15.4. The fourth-order valence-corrected chi connectivity index (χ4v) is 2.56. The van der Waals surface area contributed by atoms with Gasteiger partial charge >= 0.3 is 0 Å². The summed E-state index contributed by atoms with van der Waals surface area (Å²) in [6, 6.07) is 20.0. The highest BCUT2D eigenvalue weighted by molar-refractivity contribution is 5.84. The zero-order valence-corrected chi connectivity index (χ0v) is 12.5. The van der Waals surface area contributed by atoms with E-state index in [0.717, 1.165) is 11.1 Å². The first-order chi connectivity index (χ1) is 11.6. The van der Waals surface area contributed by atoms with Crippen LogP contribution < -0.4 is 0 Å². The van der Waals surface area contributed by atoms with Gasteiger partial charge in [-0.15, -0.1) is 0 Å². The van der Waals surface area contributed by atoms with Gasteiger partial charge in [0.15, 0.2) is 0 Å². The van der Waals surface area contributed by atoms with Crippen LogP contribution in [0.4, 0.5) is 11.4 Å². The lowest BCUT2D eigenvalue weighted by molar-refractivity contribution is -0.385. The van der Waals surface area contributed by atoms with E-state index in [4.69, 9.17) is 0 Å². The summed E-state index contributed by atoms with van der Waals surface area (Å²) in [5.74, 6) is 0. The minimum absolute atomic E-state index is 0.00125. The number of nitro benzene ring substituents is 2. The van der Waals surface area contributed by atoms with Gasteiger partial charge in [0.05, 0.1) is 9.85 Å². The van der Waals surface area contributed by atoms with Crippen LogP contribution in [0.15, 0.2) is 72.8 Å². The van der Waals surface area contributed by atoms with Gasteiger partial charge in [-0.2, -0.15) is 0 Å². The number of hydrogen-bond donors (Lipinski definition) is 0. The van der Waals surface area contributed by atoms with Gasteiger partial charge in [-0.05, 0) is 22.3 Å². The molecule has 0 aromatic heterocycles. The summed E-state index contributed by atoms with van der Waals surface area (Å²) in [4.78, 5) is 21.1. The molecule has 0 spiro atoms. The molecule has 0 saturated heterocycles. The maximum atomic E-state index is 11.0. The molecule has 6 nitrogen and oxygen atoms in total. The Bertz CT molecular complexity index is 861. The molecule has 0 N–H and O–H groups in total. The Balaban J connectivity index is 2.16. The van der Waals surface area contributed by atoms with E-state index in [1.54, 1.807) is 24.3 Å². The van der Waals surface area contributed by atoms with Crippen molar-refractivity contribution in [2.24, 2.45) is 0 Å². The van der Waals surface area contributed by atoms with E-state index in [2.05, 4.69) is 0 Å². The molecule has 0 unspecified atom stereocenters. The molecule has 0 heterocycles. The highest BCUT2D eigenvalue weighted by atomic mass is 16.6. The molecule has 0 fully saturated rings. The molecular weight excluding hydrogens is 308 g/mol. The smallest absolute Gasteiger partial charge is 0.258 e. The highest BCUT2D eigenvalue weighted by Gasteiger charge is 2.13. The summed E-state index contributed by atoms with van der Waals surface area (Å²) in [5, 5.41) is 22.0. The fourth-order valence-electron chi connectivity index (χ4n) is 2.56. The number of non-ortho nitro benzene ring substituents is 2. The van der Waals surface area contributed by atoms with E-state index in [-0.39, 0.29) is 11.4 Å². The quantitative estimate of drug-likeness (QED) is 0.508. The van der Waals surface area contributed by atoms with E-state index >= 15 is 0 Å². The standard InChI is InChI=1S/C18H12N2O4/c21-19(22)15-7-3-5-13(11-15)17-9-1-2-10-18(17)14-6-4-8-16(12-14)20(23)24/h1-12H. The van der Waals surface area contributed by atoms with Crippen LogP contribution in [0.2, 0.25) is 0 Å². The summed E-state index contributed by atoms with van der Waals surface area (Å²) >= 11 is 0. The molecule has 0 aliphatic carbocycles. The second-order valence-electron chi connectivity index (χ2n) is 5.16. The van der Waals surface area contributed by atoms with E-state index in [1.807, 2.05) is 24.3 Å². The SMILES string of the molecule is O=[N+]([O-])c1cccc(-c2ccccc2-c2cccc([N+](=O)[O-])c2)c1. The van der Waals surface area contributed by atoms with Crippen molar-refractivity contribution in [2.45, 2.75) is 0 Å². The Kier molecular flexibility index (Phi) is 4.03. The highest BCUT2D eigenvalue weighted by Crippen LogP contribution is 2.34. The molecule has 6 heteroatoms. The molecular formula is C18H12N2O4. The normalized spacial score (nSPS) is 10.3. The van der Waals surface area contributed by atoms with Crippen LogP contribution in [-0.2, 0) is 0 Å². The summed E-state index contributed by atoms with van der Waals surface area (Å²) < 4.78 is 0. The monoisotopic (exact) mass is 320 g/mol. The summed E-state index contributed by atoms with van der Waals surface area (Å²) in [5.41, 5.74) is 2.93. The van der Waals surface area contributed by atoms with Crippen LogP contribution in [0.5, 0.6) is 0 Å². The molecule has 0 radical (unpaired) electrons. The lowest BCUT2D eigenvalue weighted by Gasteiger charge is -2.10. The zero-order valence-electron chi connectivity index (χ0n) is 12.5. The lowest BCUT2D eigenvalue weighted by atomic mass is 9.94. The summed E-state index contributed by atoms with van der Waals surface area (Å²) in [7, 11) is 0. The lowest BCUT2D eigenvalue weighted by Crippen LogP contribution is -1.91. The zero-order chi connectivity index (χ0) is 17.1. The minimum atomic E-state index is -0.445. The largest absolute Gasteiger partial charge is 0.270 e. The van der Waals surface area contributed by atoms with Crippen LogP contribution in [0, 0.1) is 20.2 Å². The molecule has 0 saturated carbocycles. The second kappa shape index (κ2) is 6.29. The number of nitrogens with zero attached hydrogens (tertiary/aromatic N) is 2. The first-order valence-corrected chi connectivity index (χ1v) is 7.15. The molecule has 0 aliphatic heterocycles. The van der Waals surface area contributed by atoms with Crippen molar-refractivity contribution < 1.29 is 9.85 Å². The van der Waals surface area contributed by atoms with Gasteiger partial charge in [-0.3, -0.25) is 20.2 Å². The third-order valence-corrected chi connectivity index (χ3v) is 3.66. The van der Waals surface area contributed by atoms with Crippen molar-refractivity contribution in [3.05, 3.63) is 93.0 Å². The molecule has 0 atom stereocenters. The average molecular weight is 320 g/mol. The van der Waals surface area contributed by atoms with Crippen LogP contribution in [0.1, 0.15) is 0 Å². The van der Waals surface area contributed by atoms with E-state index in [9.17, 15) is 20.2 Å². The molecule has 3 aromatic carbocycles. The predicted molar refractivity (Wildman–Crippen MR) is 90.6 cm³/mol. The predicted octanol–water partition coefficient (Wildman–Crippen LogP) is 4.84. The van der Waals surface area contributed by atoms with Crippen molar-refractivity contribution in [1.82, 2.24) is 0 Å². The van der Waals surface area contributed by atoms with E-state index in [0.29, 0.717) is 11.1 Å². The third-order valence-electron chi connectivity index (χ3n) is 3.66. The van der Waals surface area contributed by atoms with Crippen molar-refractivity contribution in [1.29, 1.82) is 0 Å². The molecule has 118 valence electrons. The number of hydrogen-bond acceptors (Lipinski definition) is 4. The molecule has 3 aromatic rings. The molecule has 24 heavy (non-hydrogen) atoms. The Hall–Kier alpha value is -3.54. The summed E-state index contributed by atoms with van der Waals surface area (Å²) in [6.07, 6.45) is 0. The van der Waals surface area contributed by atoms with Gasteiger partial charge in [-0.1, -0.05) is 48.5 Å². The molecule has 0 amide bonds. The minimum Gasteiger partial charge on any atom is -0.258 e. The van der Waals surface area contributed by atoms with Gasteiger partial charge in [0.25, 0.3) is 11.4 Å². The van der Waals surface area contributed by atoms with Crippen molar-refractivity contribution >= 4 is 11.4 Å². The van der Waals surface area contributed by atoms with Crippen LogP contribution in [0.25, 0.3) is 22.3 Å². The van der Waals surface area contributed by atoms with E-state index in [1.165, 1.54) is 24.3 Å². The Morgan fingerprint density at radius 2 is 1.00 bits per heavy atom. The Labute approximate surface area is 137 Å². The average Bonchev–Trinajstić information content (AvgIpc) is 2.62. The molecule has 0 bridgehead atoms. The van der Waals surface area contributed by atoms with Crippen LogP contribution >= 0.6 is 0 Å². The number of benzene rings is 3. The third kappa shape index (κ3) is 2.98. The van der Waals surface area contributed by atoms with Gasteiger partial charge in [0.2, 0.25) is 0 Å². The van der Waals surface area contributed by atoms with Crippen LogP contribution in [-0.4, -0.2) is 9.85 Å². The Morgan fingerprint density at radius 3 is 1.38 bits per heavy atom. The van der Waals surface area contributed by atoms with Gasteiger partial charge in [0.1, 0.15) is 0 Å². The first-order valence-electron chi connectivity index (χ1n) is 7.15. The van der Waals surface area contributed by atoms with Gasteiger partial charge < -0.3 is 0 Å². The van der Waals surface area contributed by atoms with Crippen molar-refractivity contribution in [3.63, 3.8) is 0 Å². The van der Waals surface area contributed by atoms with Crippen molar-refractivity contribution in [2.75, 3.05) is 0 Å². The second-order valence-corrected chi connectivity index (χ2v) is 5.16. The molecule has 3 rings (SSSR count). The number of nitro groups is 2. The maximum Gasteiger partial charge on any atom is 0.270 e. The van der Waals surface area contributed by atoms with Crippen molar-refractivity contribution in [3.8, 4) is 22.3 Å². The van der Waals surface area contributed by atoms with Crippen LogP contribution in [0.3, 0.4) is 0 Å². The van der Waals surface area contributed by atoms with Gasteiger partial charge in [0, 0.05) is 24.3 Å². The fraction of sp³-hybridized carbons (Fsp3) is 0. The van der Waals surface area contributed by atoms with Gasteiger partial charge in [-0.25, -0.2) is 0 Å². The topological polar surface area (TPSA) is 86.3 Å². The summed E-state index contributed by atoms with van der Waals surface area (Å²) in [6.45, 7) is 0. The number of rotatable bonds is 4.